The first-order valence-corrected chi connectivity index (χ1v) is 6.05. The molecule has 92 valence electrons. The molecular weight excluding hydrogens is 226 g/mol. The summed E-state index contributed by atoms with van der Waals surface area (Å²) < 4.78 is 7.05. The first-order chi connectivity index (χ1) is 7.74. The third-order valence-corrected chi connectivity index (χ3v) is 2.82. The van der Waals surface area contributed by atoms with Crippen LogP contribution in [0.4, 0.5) is 0 Å². The molecule has 0 aliphatic carbocycles. The summed E-state index contributed by atoms with van der Waals surface area (Å²) >= 11 is 6.17. The molecular formula is C11H20ClN3O. The lowest BCUT2D eigenvalue weighted by Crippen LogP contribution is -2.25. The lowest BCUT2D eigenvalue weighted by molar-refractivity contribution is 0.181. The minimum atomic E-state index is 0.208. The predicted molar refractivity (Wildman–Crippen MR) is 65.8 cm³/mol. The molecule has 1 heterocycles. The zero-order valence-electron chi connectivity index (χ0n) is 10.2. The highest BCUT2D eigenvalue weighted by atomic mass is 35.5. The Hall–Kier alpha value is -0.580. The summed E-state index contributed by atoms with van der Waals surface area (Å²) in [6.45, 7) is 6.59. The topological polar surface area (TPSA) is 39.1 Å². The lowest BCUT2D eigenvalue weighted by atomic mass is 10.1. The Kier molecular flexibility index (Phi) is 5.80. The fourth-order valence-corrected chi connectivity index (χ4v) is 2.06. The van der Waals surface area contributed by atoms with Crippen molar-refractivity contribution >= 4 is 11.6 Å². The van der Waals surface area contributed by atoms with Crippen LogP contribution in [0.1, 0.15) is 32.0 Å². The van der Waals surface area contributed by atoms with Crippen molar-refractivity contribution in [2.45, 2.75) is 32.9 Å². The zero-order valence-corrected chi connectivity index (χ0v) is 10.9. The average molecular weight is 246 g/mol. The molecule has 0 radical (unpaired) electrons. The molecule has 0 aliphatic heterocycles. The summed E-state index contributed by atoms with van der Waals surface area (Å²) in [6.07, 6.45) is 2.60. The number of halogens is 1. The van der Waals surface area contributed by atoms with E-state index in [0.29, 0.717) is 6.61 Å². The van der Waals surface area contributed by atoms with E-state index >= 15 is 0 Å². The summed E-state index contributed by atoms with van der Waals surface area (Å²) in [7, 11) is 1.71. The van der Waals surface area contributed by atoms with Crippen molar-refractivity contribution in [1.82, 2.24) is 15.1 Å². The first-order valence-electron chi connectivity index (χ1n) is 5.68. The van der Waals surface area contributed by atoms with Gasteiger partial charge in [0.15, 0.2) is 0 Å². The van der Waals surface area contributed by atoms with Gasteiger partial charge in [-0.15, -0.1) is 0 Å². The van der Waals surface area contributed by atoms with Gasteiger partial charge >= 0.3 is 0 Å². The molecule has 0 saturated carbocycles. The van der Waals surface area contributed by atoms with Gasteiger partial charge < -0.3 is 10.1 Å². The van der Waals surface area contributed by atoms with Gasteiger partial charge in [-0.2, -0.15) is 5.10 Å². The number of nitrogens with zero attached hydrogens (tertiary/aromatic N) is 2. The average Bonchev–Trinajstić information content (AvgIpc) is 2.66. The second-order valence-corrected chi connectivity index (χ2v) is 3.99. The molecule has 0 bridgehead atoms. The van der Waals surface area contributed by atoms with Gasteiger partial charge in [-0.05, 0) is 19.9 Å². The Balaban J connectivity index is 2.85. The highest BCUT2D eigenvalue weighted by molar-refractivity contribution is 6.31. The molecule has 1 aromatic rings. The molecule has 1 N–H and O–H groups in total. The SMILES string of the molecule is CCNC(CCOC)c1c(Cl)cnn1CC. The van der Waals surface area contributed by atoms with Gasteiger partial charge in [-0.25, -0.2) is 0 Å². The number of nitrogens with one attached hydrogen (secondary N) is 1. The van der Waals surface area contributed by atoms with Gasteiger partial charge in [0.1, 0.15) is 0 Å². The van der Waals surface area contributed by atoms with Crippen LogP contribution in [-0.2, 0) is 11.3 Å². The molecule has 4 nitrogen and oxygen atoms in total. The molecule has 1 atom stereocenters. The first kappa shape index (κ1) is 13.5. The van der Waals surface area contributed by atoms with Crippen LogP contribution in [0.2, 0.25) is 5.02 Å². The van der Waals surface area contributed by atoms with E-state index in [1.54, 1.807) is 13.3 Å². The predicted octanol–water partition coefficient (Wildman–Crippen LogP) is 2.24. The Bertz CT molecular complexity index is 314. The van der Waals surface area contributed by atoms with Crippen molar-refractivity contribution in [3.63, 3.8) is 0 Å². The normalized spacial score (nSPS) is 13.0. The standard InChI is InChI=1S/C11H20ClN3O/c1-4-13-10(6-7-16-3)11-9(12)8-14-15(11)5-2/h8,10,13H,4-7H2,1-3H3. The van der Waals surface area contributed by atoms with E-state index in [-0.39, 0.29) is 6.04 Å². The van der Waals surface area contributed by atoms with Gasteiger partial charge in [0.25, 0.3) is 0 Å². The molecule has 16 heavy (non-hydrogen) atoms. The third kappa shape index (κ3) is 3.20. The molecule has 1 aromatic heterocycles. The molecule has 0 saturated heterocycles. The van der Waals surface area contributed by atoms with Crippen LogP contribution >= 0.6 is 11.6 Å². The molecule has 0 fully saturated rings. The molecule has 0 spiro atoms. The van der Waals surface area contributed by atoms with E-state index in [0.717, 1.165) is 30.2 Å². The van der Waals surface area contributed by atoms with Crippen LogP contribution in [0.3, 0.4) is 0 Å². The molecule has 0 aromatic carbocycles. The number of hydrogen-bond donors (Lipinski definition) is 1. The lowest BCUT2D eigenvalue weighted by Gasteiger charge is -2.19. The van der Waals surface area contributed by atoms with Crippen LogP contribution in [0.15, 0.2) is 6.20 Å². The van der Waals surface area contributed by atoms with Crippen LogP contribution in [0.5, 0.6) is 0 Å². The fourth-order valence-electron chi connectivity index (χ4n) is 1.79. The van der Waals surface area contributed by atoms with Gasteiger partial charge in [0, 0.05) is 20.3 Å². The van der Waals surface area contributed by atoms with Crippen molar-refractivity contribution in [2.24, 2.45) is 0 Å². The summed E-state index contributed by atoms with van der Waals surface area (Å²) in [5, 5.41) is 8.39. The molecule has 1 unspecified atom stereocenters. The Morgan fingerprint density at radius 1 is 1.56 bits per heavy atom. The fraction of sp³-hybridized carbons (Fsp3) is 0.727. The molecule has 5 heteroatoms. The van der Waals surface area contributed by atoms with Crippen LogP contribution in [0, 0.1) is 0 Å². The summed E-state index contributed by atoms with van der Waals surface area (Å²) in [5.74, 6) is 0. The monoisotopic (exact) mass is 245 g/mol. The Morgan fingerprint density at radius 2 is 2.31 bits per heavy atom. The number of aromatic nitrogens is 2. The summed E-state index contributed by atoms with van der Waals surface area (Å²) in [6, 6.07) is 0.208. The van der Waals surface area contributed by atoms with Crippen molar-refractivity contribution in [1.29, 1.82) is 0 Å². The Labute approximate surface area is 102 Å². The van der Waals surface area contributed by atoms with Crippen LogP contribution in [-0.4, -0.2) is 30.0 Å². The van der Waals surface area contributed by atoms with Crippen LogP contribution in [0.25, 0.3) is 0 Å². The number of hydrogen-bond acceptors (Lipinski definition) is 3. The number of rotatable bonds is 7. The number of aryl methyl sites for hydroxylation is 1. The van der Waals surface area contributed by atoms with E-state index in [4.69, 9.17) is 16.3 Å². The third-order valence-electron chi connectivity index (χ3n) is 2.52. The van der Waals surface area contributed by atoms with Gasteiger partial charge in [-0.1, -0.05) is 18.5 Å². The molecule has 0 aliphatic rings. The maximum atomic E-state index is 6.17. The smallest absolute Gasteiger partial charge is 0.0834 e. The largest absolute Gasteiger partial charge is 0.385 e. The maximum Gasteiger partial charge on any atom is 0.0834 e. The van der Waals surface area contributed by atoms with Crippen LogP contribution < -0.4 is 5.32 Å². The van der Waals surface area contributed by atoms with Crippen molar-refractivity contribution in [2.75, 3.05) is 20.3 Å². The second kappa shape index (κ2) is 6.89. The van der Waals surface area contributed by atoms with Crippen molar-refractivity contribution in [3.8, 4) is 0 Å². The van der Waals surface area contributed by atoms with Gasteiger partial charge in [0.2, 0.25) is 0 Å². The minimum Gasteiger partial charge on any atom is -0.385 e. The van der Waals surface area contributed by atoms with Crippen molar-refractivity contribution < 1.29 is 4.74 Å². The highest BCUT2D eigenvalue weighted by Crippen LogP contribution is 2.25. The minimum absolute atomic E-state index is 0.208. The second-order valence-electron chi connectivity index (χ2n) is 3.59. The van der Waals surface area contributed by atoms with Gasteiger partial charge in [-0.3, -0.25) is 4.68 Å². The van der Waals surface area contributed by atoms with Crippen molar-refractivity contribution in [3.05, 3.63) is 16.9 Å². The van der Waals surface area contributed by atoms with E-state index in [9.17, 15) is 0 Å². The zero-order chi connectivity index (χ0) is 12.0. The van der Waals surface area contributed by atoms with E-state index in [2.05, 4.69) is 24.3 Å². The maximum absolute atomic E-state index is 6.17. The van der Waals surface area contributed by atoms with E-state index < -0.39 is 0 Å². The van der Waals surface area contributed by atoms with E-state index in [1.165, 1.54) is 0 Å². The highest BCUT2D eigenvalue weighted by Gasteiger charge is 2.18. The Morgan fingerprint density at radius 3 is 2.88 bits per heavy atom. The summed E-state index contributed by atoms with van der Waals surface area (Å²) in [4.78, 5) is 0. The molecule has 0 amide bonds. The summed E-state index contributed by atoms with van der Waals surface area (Å²) in [5.41, 5.74) is 1.06. The molecule has 1 rings (SSSR count). The van der Waals surface area contributed by atoms with E-state index in [1.807, 2.05) is 4.68 Å². The quantitative estimate of drug-likeness (QED) is 0.801. The van der Waals surface area contributed by atoms with Gasteiger partial charge in [0.05, 0.1) is 23.0 Å². The number of ether oxygens (including phenoxy) is 1. The number of methoxy groups -OCH3 is 1.